The lowest BCUT2D eigenvalue weighted by Crippen LogP contribution is -2.45. The quantitative estimate of drug-likeness (QED) is 0.814. The van der Waals surface area contributed by atoms with Gasteiger partial charge in [0.25, 0.3) is 5.91 Å². The molecule has 1 aromatic heterocycles. The highest BCUT2D eigenvalue weighted by molar-refractivity contribution is 7.84. The molecule has 22 heavy (non-hydrogen) atoms. The van der Waals surface area contributed by atoms with Crippen molar-refractivity contribution in [1.29, 1.82) is 5.26 Å². The van der Waals surface area contributed by atoms with Crippen LogP contribution in [0.1, 0.15) is 11.0 Å². The molecule has 0 saturated carbocycles. The average Bonchev–Trinajstić information content (AvgIpc) is 3.03. The Morgan fingerprint density at radius 3 is 2.64 bits per heavy atom. The van der Waals surface area contributed by atoms with Gasteiger partial charge < -0.3 is 10.2 Å². The van der Waals surface area contributed by atoms with Gasteiger partial charge in [0, 0.05) is 15.6 Å². The first-order valence-electron chi connectivity index (χ1n) is 6.34. The summed E-state index contributed by atoms with van der Waals surface area (Å²) in [6, 6.07) is 12.9. The molecule has 1 N–H and O–H groups in total. The molecule has 1 atom stereocenters. The standard InChI is InChI=1S/C15H10ClN3OS2/c16-9-3-5-10(6-4-9)19-13(12-2-1-7-22-12)18-14(20)11(8-17)15(19)21/h1-7,13,21H,(H,18,20)/t13-/m1/s1. The average molecular weight is 348 g/mol. The van der Waals surface area contributed by atoms with E-state index in [0.29, 0.717) is 10.1 Å². The van der Waals surface area contributed by atoms with Crippen LogP contribution in [-0.2, 0) is 4.79 Å². The third-order valence-electron chi connectivity index (χ3n) is 3.23. The predicted molar refractivity (Wildman–Crippen MR) is 90.8 cm³/mol. The van der Waals surface area contributed by atoms with Crippen LogP contribution < -0.4 is 10.2 Å². The summed E-state index contributed by atoms with van der Waals surface area (Å²) in [6.07, 6.45) is -0.404. The molecule has 2 aromatic rings. The number of anilines is 1. The Bertz CT molecular complexity index is 778. The topological polar surface area (TPSA) is 56.1 Å². The molecule has 0 unspecified atom stereocenters. The van der Waals surface area contributed by atoms with Crippen molar-refractivity contribution in [2.45, 2.75) is 6.17 Å². The highest BCUT2D eigenvalue weighted by Crippen LogP contribution is 2.37. The van der Waals surface area contributed by atoms with Gasteiger partial charge in [0.2, 0.25) is 0 Å². The second kappa shape index (κ2) is 6.05. The molecule has 1 amide bonds. The van der Waals surface area contributed by atoms with Crippen molar-refractivity contribution in [2.24, 2.45) is 0 Å². The van der Waals surface area contributed by atoms with Gasteiger partial charge in [-0.1, -0.05) is 17.7 Å². The van der Waals surface area contributed by atoms with E-state index in [0.717, 1.165) is 10.6 Å². The van der Waals surface area contributed by atoms with Gasteiger partial charge in [-0.05, 0) is 35.7 Å². The monoisotopic (exact) mass is 347 g/mol. The van der Waals surface area contributed by atoms with E-state index in [1.165, 1.54) is 11.3 Å². The van der Waals surface area contributed by atoms with Gasteiger partial charge in [0.05, 0.1) is 5.03 Å². The van der Waals surface area contributed by atoms with Crippen LogP contribution >= 0.6 is 35.6 Å². The maximum absolute atomic E-state index is 12.1. The highest BCUT2D eigenvalue weighted by Gasteiger charge is 2.34. The number of carbonyl (C=O) groups is 1. The van der Waals surface area contributed by atoms with Gasteiger partial charge in [-0.3, -0.25) is 4.79 Å². The van der Waals surface area contributed by atoms with Crippen LogP contribution in [0.2, 0.25) is 5.02 Å². The van der Waals surface area contributed by atoms with Crippen LogP contribution in [0.15, 0.2) is 52.4 Å². The second-order valence-corrected chi connectivity index (χ2v) is 6.39. The minimum Gasteiger partial charge on any atom is -0.326 e. The number of nitrogens with zero attached hydrogens (tertiary/aromatic N) is 2. The maximum Gasteiger partial charge on any atom is 0.266 e. The Morgan fingerprint density at radius 2 is 2.05 bits per heavy atom. The first kappa shape index (κ1) is 15.0. The summed E-state index contributed by atoms with van der Waals surface area (Å²) in [5.41, 5.74) is 0.784. The molecule has 0 fully saturated rings. The molecule has 0 radical (unpaired) electrons. The summed E-state index contributed by atoms with van der Waals surface area (Å²) in [5, 5.41) is 14.9. The fraction of sp³-hybridized carbons (Fsp3) is 0.0667. The lowest BCUT2D eigenvalue weighted by Gasteiger charge is -2.37. The molecule has 4 nitrogen and oxygen atoms in total. The molecule has 0 spiro atoms. The van der Waals surface area contributed by atoms with Crippen LogP contribution in [0.25, 0.3) is 0 Å². The Kier molecular flexibility index (Phi) is 4.12. The lowest BCUT2D eigenvalue weighted by molar-refractivity contribution is -0.118. The van der Waals surface area contributed by atoms with Crippen molar-refractivity contribution in [3.63, 3.8) is 0 Å². The lowest BCUT2D eigenvalue weighted by atomic mass is 10.1. The van der Waals surface area contributed by atoms with E-state index in [-0.39, 0.29) is 5.57 Å². The molecule has 1 aliphatic rings. The molecule has 0 bridgehead atoms. The number of nitriles is 1. The minimum absolute atomic E-state index is 0.00825. The summed E-state index contributed by atoms with van der Waals surface area (Å²) in [5.74, 6) is -0.420. The number of carbonyl (C=O) groups excluding carboxylic acids is 1. The zero-order valence-corrected chi connectivity index (χ0v) is 13.6. The van der Waals surface area contributed by atoms with Crippen LogP contribution in [0, 0.1) is 11.3 Å². The van der Waals surface area contributed by atoms with Crippen molar-refractivity contribution >= 4 is 47.2 Å². The van der Waals surface area contributed by atoms with Gasteiger partial charge in [0.15, 0.2) is 0 Å². The van der Waals surface area contributed by atoms with E-state index in [1.54, 1.807) is 12.1 Å². The van der Waals surface area contributed by atoms with E-state index in [4.69, 9.17) is 11.6 Å². The summed E-state index contributed by atoms with van der Waals surface area (Å²) in [4.78, 5) is 14.9. The summed E-state index contributed by atoms with van der Waals surface area (Å²) in [6.45, 7) is 0. The first-order valence-corrected chi connectivity index (χ1v) is 8.04. The molecule has 110 valence electrons. The molecule has 3 rings (SSSR count). The Balaban J connectivity index is 2.14. The number of thiol groups is 1. The molecular formula is C15H10ClN3OS2. The smallest absolute Gasteiger partial charge is 0.266 e. The molecule has 0 saturated heterocycles. The Morgan fingerprint density at radius 1 is 1.32 bits per heavy atom. The number of hydrogen-bond donors (Lipinski definition) is 2. The van der Waals surface area contributed by atoms with Gasteiger partial charge in [0.1, 0.15) is 17.8 Å². The first-order chi connectivity index (χ1) is 10.6. The van der Waals surface area contributed by atoms with Crippen molar-refractivity contribution in [3.05, 3.63) is 62.3 Å². The van der Waals surface area contributed by atoms with E-state index in [9.17, 15) is 10.1 Å². The number of thiophene rings is 1. The molecule has 7 heteroatoms. The van der Waals surface area contributed by atoms with Crippen LogP contribution in [0.5, 0.6) is 0 Å². The summed E-state index contributed by atoms with van der Waals surface area (Å²) >= 11 is 11.9. The molecule has 2 heterocycles. The largest absolute Gasteiger partial charge is 0.326 e. The minimum atomic E-state index is -0.420. The third-order valence-corrected chi connectivity index (χ3v) is 4.85. The number of benzene rings is 1. The zero-order chi connectivity index (χ0) is 15.7. The molecular weight excluding hydrogens is 338 g/mol. The fourth-order valence-electron chi connectivity index (χ4n) is 2.22. The van der Waals surface area contributed by atoms with Crippen molar-refractivity contribution < 1.29 is 4.79 Å². The van der Waals surface area contributed by atoms with Crippen molar-refractivity contribution in [1.82, 2.24) is 5.32 Å². The van der Waals surface area contributed by atoms with Gasteiger partial charge in [-0.2, -0.15) is 5.26 Å². The Hall–Kier alpha value is -1.94. The van der Waals surface area contributed by atoms with Crippen LogP contribution in [0.4, 0.5) is 5.69 Å². The number of nitrogens with one attached hydrogen (secondary N) is 1. The second-order valence-electron chi connectivity index (χ2n) is 4.55. The van der Waals surface area contributed by atoms with E-state index >= 15 is 0 Å². The summed E-state index contributed by atoms with van der Waals surface area (Å²) < 4.78 is 0. The van der Waals surface area contributed by atoms with Crippen LogP contribution in [-0.4, -0.2) is 5.91 Å². The number of amides is 1. The van der Waals surface area contributed by atoms with Crippen molar-refractivity contribution in [2.75, 3.05) is 4.90 Å². The third kappa shape index (κ3) is 2.59. The SMILES string of the molecule is N#CC1=C(S)N(c2ccc(Cl)cc2)[C@H](c2cccs2)NC1=O. The number of rotatable bonds is 2. The normalized spacial score (nSPS) is 18.1. The molecule has 0 aliphatic carbocycles. The van der Waals surface area contributed by atoms with E-state index < -0.39 is 12.1 Å². The number of hydrogen-bond acceptors (Lipinski definition) is 5. The summed E-state index contributed by atoms with van der Waals surface area (Å²) in [7, 11) is 0. The number of halogens is 1. The van der Waals surface area contributed by atoms with E-state index in [2.05, 4.69) is 17.9 Å². The van der Waals surface area contributed by atoms with Gasteiger partial charge in [-0.25, -0.2) is 0 Å². The fourth-order valence-corrected chi connectivity index (χ4v) is 3.50. The van der Waals surface area contributed by atoms with Gasteiger partial charge >= 0.3 is 0 Å². The Labute approximate surface area is 142 Å². The highest BCUT2D eigenvalue weighted by atomic mass is 35.5. The molecule has 1 aliphatic heterocycles. The molecule has 1 aromatic carbocycles. The van der Waals surface area contributed by atoms with Crippen molar-refractivity contribution in [3.8, 4) is 6.07 Å². The van der Waals surface area contributed by atoms with Crippen LogP contribution in [0.3, 0.4) is 0 Å². The van der Waals surface area contributed by atoms with Gasteiger partial charge in [-0.15, -0.1) is 24.0 Å². The zero-order valence-electron chi connectivity index (χ0n) is 11.2. The van der Waals surface area contributed by atoms with E-state index in [1.807, 2.05) is 40.6 Å². The predicted octanol–water partition coefficient (Wildman–Crippen LogP) is 3.70. The maximum atomic E-state index is 12.1.